The van der Waals surface area contributed by atoms with Crippen LogP contribution in [0.1, 0.15) is 25.7 Å². The second-order valence-corrected chi connectivity index (χ2v) is 5.87. The number of urea groups is 1. The molecule has 0 heterocycles. The Kier molecular flexibility index (Phi) is 5.44. The van der Waals surface area contributed by atoms with Crippen molar-refractivity contribution in [3.8, 4) is 0 Å². The summed E-state index contributed by atoms with van der Waals surface area (Å²) in [6.45, 7) is 0.141. The molecule has 1 aromatic rings. The Morgan fingerprint density at radius 3 is 2.52 bits per heavy atom. The highest BCUT2D eigenvalue weighted by Gasteiger charge is 2.25. The Labute approximate surface area is 126 Å². The minimum absolute atomic E-state index is 0.0739. The molecular formula is C16H25N3O2. The number of nitrogens with one attached hydrogen (secondary N) is 2. The second-order valence-electron chi connectivity index (χ2n) is 5.87. The lowest BCUT2D eigenvalue weighted by Gasteiger charge is -2.30. The number of benzene rings is 1. The lowest BCUT2D eigenvalue weighted by atomic mass is 9.85. The van der Waals surface area contributed by atoms with E-state index >= 15 is 0 Å². The van der Waals surface area contributed by atoms with Gasteiger partial charge < -0.3 is 20.6 Å². The van der Waals surface area contributed by atoms with Crippen LogP contribution in [0, 0.1) is 5.92 Å². The van der Waals surface area contributed by atoms with Crippen molar-refractivity contribution in [2.24, 2.45) is 5.92 Å². The van der Waals surface area contributed by atoms with Gasteiger partial charge in [0.2, 0.25) is 0 Å². The molecule has 116 valence electrons. The Hall–Kier alpha value is -1.75. The summed E-state index contributed by atoms with van der Waals surface area (Å²) in [6.07, 6.45) is 4.17. The zero-order chi connectivity index (χ0) is 15.2. The van der Waals surface area contributed by atoms with E-state index < -0.39 is 0 Å². The predicted molar refractivity (Wildman–Crippen MR) is 85.8 cm³/mol. The molecule has 5 heteroatoms. The third-order valence-electron chi connectivity index (χ3n) is 4.10. The van der Waals surface area contributed by atoms with Crippen molar-refractivity contribution in [3.63, 3.8) is 0 Å². The highest BCUT2D eigenvalue weighted by Crippen LogP contribution is 2.24. The van der Waals surface area contributed by atoms with E-state index in [1.807, 2.05) is 43.3 Å². The number of carbonyl (C=O) groups is 1. The monoisotopic (exact) mass is 291 g/mol. The molecule has 2 amide bonds. The van der Waals surface area contributed by atoms with E-state index in [-0.39, 0.29) is 24.6 Å². The molecule has 1 aliphatic rings. The first-order chi connectivity index (χ1) is 10.1. The molecule has 2 unspecified atom stereocenters. The number of hydrogen-bond donors (Lipinski definition) is 3. The third-order valence-corrected chi connectivity index (χ3v) is 4.10. The lowest BCUT2D eigenvalue weighted by Crippen LogP contribution is -2.45. The van der Waals surface area contributed by atoms with Gasteiger partial charge in [0.25, 0.3) is 0 Å². The van der Waals surface area contributed by atoms with Gasteiger partial charge in [0.15, 0.2) is 0 Å². The van der Waals surface area contributed by atoms with E-state index in [1.165, 1.54) is 0 Å². The number of anilines is 2. The summed E-state index contributed by atoms with van der Waals surface area (Å²) in [7, 11) is 3.96. The molecule has 0 aliphatic heterocycles. The molecule has 0 bridgehead atoms. The van der Waals surface area contributed by atoms with Crippen LogP contribution < -0.4 is 15.5 Å². The fourth-order valence-electron chi connectivity index (χ4n) is 2.79. The van der Waals surface area contributed by atoms with Crippen LogP contribution in [0.4, 0.5) is 16.2 Å². The summed E-state index contributed by atoms with van der Waals surface area (Å²) >= 11 is 0. The number of carbonyl (C=O) groups excluding carboxylic acids is 1. The largest absolute Gasteiger partial charge is 0.396 e. The van der Waals surface area contributed by atoms with E-state index in [0.717, 1.165) is 37.1 Å². The van der Waals surface area contributed by atoms with Crippen molar-refractivity contribution >= 4 is 17.4 Å². The predicted octanol–water partition coefficient (Wildman–Crippen LogP) is 2.43. The summed E-state index contributed by atoms with van der Waals surface area (Å²) in [4.78, 5) is 14.1. The number of amides is 2. The normalized spacial score (nSPS) is 21.7. The maximum Gasteiger partial charge on any atom is 0.319 e. The molecule has 0 saturated heterocycles. The SMILES string of the molecule is CN(C)c1ccc(NC(=O)NC2CCCCC2CO)cc1. The Balaban J connectivity index is 1.88. The van der Waals surface area contributed by atoms with Gasteiger partial charge in [0.1, 0.15) is 0 Å². The summed E-state index contributed by atoms with van der Waals surface area (Å²) in [5.41, 5.74) is 1.86. The first-order valence-electron chi connectivity index (χ1n) is 7.56. The highest BCUT2D eigenvalue weighted by molar-refractivity contribution is 5.89. The van der Waals surface area contributed by atoms with Crippen molar-refractivity contribution in [2.45, 2.75) is 31.7 Å². The fourth-order valence-corrected chi connectivity index (χ4v) is 2.79. The van der Waals surface area contributed by atoms with Gasteiger partial charge in [-0.15, -0.1) is 0 Å². The summed E-state index contributed by atoms with van der Waals surface area (Å²) in [5, 5.41) is 15.2. The summed E-state index contributed by atoms with van der Waals surface area (Å²) in [5.74, 6) is 0.181. The quantitative estimate of drug-likeness (QED) is 0.798. The van der Waals surface area contributed by atoms with Crippen LogP contribution in [0.3, 0.4) is 0 Å². The molecule has 3 N–H and O–H groups in total. The van der Waals surface area contributed by atoms with Crippen LogP contribution in [0.15, 0.2) is 24.3 Å². The maximum absolute atomic E-state index is 12.0. The number of aliphatic hydroxyl groups excluding tert-OH is 1. The molecule has 1 fully saturated rings. The van der Waals surface area contributed by atoms with E-state index in [4.69, 9.17) is 0 Å². The fraction of sp³-hybridized carbons (Fsp3) is 0.562. The molecule has 21 heavy (non-hydrogen) atoms. The molecule has 1 aromatic carbocycles. The number of hydrogen-bond acceptors (Lipinski definition) is 3. The standard InChI is InChI=1S/C16H25N3O2/c1-19(2)14-9-7-13(8-10-14)17-16(21)18-15-6-4-3-5-12(15)11-20/h7-10,12,15,20H,3-6,11H2,1-2H3,(H2,17,18,21). The van der Waals surface area contributed by atoms with Crippen LogP contribution in [0.5, 0.6) is 0 Å². The smallest absolute Gasteiger partial charge is 0.319 e. The van der Waals surface area contributed by atoms with Crippen LogP contribution in [0.25, 0.3) is 0 Å². The van der Waals surface area contributed by atoms with Crippen LogP contribution in [-0.4, -0.2) is 37.9 Å². The van der Waals surface area contributed by atoms with Crippen molar-refractivity contribution in [2.75, 3.05) is 30.9 Å². The van der Waals surface area contributed by atoms with Gasteiger partial charge >= 0.3 is 6.03 Å². The Bertz CT molecular complexity index is 459. The molecule has 2 rings (SSSR count). The van der Waals surface area contributed by atoms with Gasteiger partial charge in [-0.25, -0.2) is 4.79 Å². The summed E-state index contributed by atoms with van der Waals surface area (Å²) < 4.78 is 0. The average Bonchev–Trinajstić information content (AvgIpc) is 2.48. The van der Waals surface area contributed by atoms with Gasteiger partial charge in [0.05, 0.1) is 0 Å². The number of rotatable bonds is 4. The lowest BCUT2D eigenvalue weighted by molar-refractivity contribution is 0.156. The van der Waals surface area contributed by atoms with Crippen LogP contribution in [-0.2, 0) is 0 Å². The minimum atomic E-state index is -0.196. The van der Waals surface area contributed by atoms with Crippen molar-refractivity contribution < 1.29 is 9.90 Å². The molecule has 5 nitrogen and oxygen atoms in total. The molecule has 0 aromatic heterocycles. The number of nitrogens with zero attached hydrogens (tertiary/aromatic N) is 1. The molecule has 1 aliphatic carbocycles. The Morgan fingerprint density at radius 2 is 1.90 bits per heavy atom. The minimum Gasteiger partial charge on any atom is -0.396 e. The molecule has 2 atom stereocenters. The molecule has 0 radical (unpaired) electrons. The van der Waals surface area contributed by atoms with Gasteiger partial charge in [-0.3, -0.25) is 0 Å². The average molecular weight is 291 g/mol. The van der Waals surface area contributed by atoms with Gasteiger partial charge in [-0.2, -0.15) is 0 Å². The summed E-state index contributed by atoms with van der Waals surface area (Å²) in [6, 6.07) is 7.58. The first-order valence-corrected chi connectivity index (χ1v) is 7.56. The van der Waals surface area contributed by atoms with Crippen molar-refractivity contribution in [1.82, 2.24) is 5.32 Å². The van der Waals surface area contributed by atoms with Crippen LogP contribution in [0.2, 0.25) is 0 Å². The van der Waals surface area contributed by atoms with Crippen molar-refractivity contribution in [1.29, 1.82) is 0 Å². The topological polar surface area (TPSA) is 64.6 Å². The van der Waals surface area contributed by atoms with E-state index in [9.17, 15) is 9.90 Å². The highest BCUT2D eigenvalue weighted by atomic mass is 16.3. The van der Waals surface area contributed by atoms with Crippen LogP contribution >= 0.6 is 0 Å². The number of aliphatic hydroxyl groups is 1. The van der Waals surface area contributed by atoms with E-state index in [0.29, 0.717) is 0 Å². The zero-order valence-electron chi connectivity index (χ0n) is 12.8. The van der Waals surface area contributed by atoms with E-state index in [2.05, 4.69) is 10.6 Å². The first kappa shape index (κ1) is 15.6. The molecular weight excluding hydrogens is 266 g/mol. The van der Waals surface area contributed by atoms with Gasteiger partial charge in [-0.05, 0) is 37.1 Å². The molecule has 1 saturated carbocycles. The Morgan fingerprint density at radius 1 is 1.24 bits per heavy atom. The zero-order valence-corrected chi connectivity index (χ0v) is 12.8. The maximum atomic E-state index is 12.0. The van der Waals surface area contributed by atoms with Gasteiger partial charge in [-0.1, -0.05) is 12.8 Å². The second kappa shape index (κ2) is 7.31. The van der Waals surface area contributed by atoms with E-state index in [1.54, 1.807) is 0 Å². The third kappa shape index (κ3) is 4.36. The van der Waals surface area contributed by atoms with Crippen molar-refractivity contribution in [3.05, 3.63) is 24.3 Å². The molecule has 0 spiro atoms. The van der Waals surface area contributed by atoms with Gasteiger partial charge in [0, 0.05) is 44.0 Å².